The van der Waals surface area contributed by atoms with Crippen LogP contribution in [0.4, 0.5) is 0 Å². The molecule has 0 saturated heterocycles. The molecule has 0 radical (unpaired) electrons. The summed E-state index contributed by atoms with van der Waals surface area (Å²) in [6, 6.07) is 9.71. The minimum atomic E-state index is -0.0530. The lowest BCUT2D eigenvalue weighted by Crippen LogP contribution is -2.42. The smallest absolute Gasteiger partial charge is 0.225 e. The normalized spacial score (nSPS) is 13.0. The number of carbonyl (C=O) groups is 1. The zero-order valence-electron chi connectivity index (χ0n) is 12.4. The molecule has 2 N–H and O–H groups in total. The molecule has 0 aliphatic rings. The van der Waals surface area contributed by atoms with Crippen LogP contribution < -0.4 is 10.5 Å². The van der Waals surface area contributed by atoms with Gasteiger partial charge in [0.15, 0.2) is 0 Å². The van der Waals surface area contributed by atoms with Crippen LogP contribution >= 0.6 is 12.4 Å². The molecule has 0 bridgehead atoms. The van der Waals surface area contributed by atoms with Crippen LogP contribution in [0.25, 0.3) is 0 Å². The maximum absolute atomic E-state index is 12.1. The predicted octanol–water partition coefficient (Wildman–Crippen LogP) is 2.32. The number of ether oxygens (including phenoxy) is 1. The number of likely N-dealkylation sites (N-methyl/N-ethyl adjacent to an activating group) is 1. The molecule has 1 amide bonds. The second-order valence-electron chi connectivity index (χ2n) is 4.89. The highest BCUT2D eigenvalue weighted by Gasteiger charge is 2.20. The van der Waals surface area contributed by atoms with Crippen LogP contribution in [0.1, 0.15) is 20.3 Å². The molecule has 1 aromatic rings. The Kier molecular flexibility index (Phi) is 9.01. The molecule has 1 aromatic carbocycles. The molecule has 4 nitrogen and oxygen atoms in total. The van der Waals surface area contributed by atoms with Gasteiger partial charge in [-0.3, -0.25) is 4.79 Å². The van der Waals surface area contributed by atoms with Crippen molar-refractivity contribution in [3.63, 3.8) is 0 Å². The molecule has 5 heteroatoms. The summed E-state index contributed by atoms with van der Waals surface area (Å²) in [4.78, 5) is 13.8. The monoisotopic (exact) mass is 300 g/mol. The number of amides is 1. The average molecular weight is 301 g/mol. The first-order valence-electron chi connectivity index (χ1n) is 6.70. The third-order valence-electron chi connectivity index (χ3n) is 3.33. The number of carbonyl (C=O) groups excluding carboxylic acids is 1. The summed E-state index contributed by atoms with van der Waals surface area (Å²) in [5, 5.41) is 0. The highest BCUT2D eigenvalue weighted by atomic mass is 35.5. The van der Waals surface area contributed by atoms with Gasteiger partial charge in [-0.05, 0) is 25.5 Å². The fraction of sp³-hybridized carbons (Fsp3) is 0.533. The van der Waals surface area contributed by atoms with E-state index in [-0.39, 0.29) is 30.3 Å². The van der Waals surface area contributed by atoms with Gasteiger partial charge in [-0.1, -0.05) is 25.1 Å². The van der Waals surface area contributed by atoms with Crippen molar-refractivity contribution in [2.45, 2.75) is 26.3 Å². The van der Waals surface area contributed by atoms with Crippen molar-refractivity contribution >= 4 is 18.3 Å². The van der Waals surface area contributed by atoms with Gasteiger partial charge in [0.25, 0.3) is 0 Å². The van der Waals surface area contributed by atoms with E-state index in [1.54, 1.807) is 11.9 Å². The number of rotatable bonds is 7. The Bertz CT molecular complexity index is 387. The number of nitrogens with zero attached hydrogens (tertiary/aromatic N) is 1. The van der Waals surface area contributed by atoms with E-state index in [1.165, 1.54) is 0 Å². The SMILES string of the molecule is CC(CCOc1ccccc1)C(=O)N(C)C(C)CN.Cl. The minimum Gasteiger partial charge on any atom is -0.494 e. The topological polar surface area (TPSA) is 55.6 Å². The van der Waals surface area contributed by atoms with Crippen LogP contribution in [0.3, 0.4) is 0 Å². The standard InChI is InChI=1S/C15H24N2O2.ClH/c1-12(15(18)17(3)13(2)11-16)9-10-19-14-7-5-4-6-8-14;/h4-8,12-13H,9-11,16H2,1-3H3;1H. The molecule has 0 aliphatic carbocycles. The van der Waals surface area contributed by atoms with Gasteiger partial charge in [-0.15, -0.1) is 12.4 Å². The van der Waals surface area contributed by atoms with Gasteiger partial charge in [-0.25, -0.2) is 0 Å². The van der Waals surface area contributed by atoms with Crippen molar-refractivity contribution in [2.75, 3.05) is 20.2 Å². The zero-order valence-corrected chi connectivity index (χ0v) is 13.2. The summed E-state index contributed by atoms with van der Waals surface area (Å²) >= 11 is 0. The molecule has 0 saturated carbocycles. The number of benzene rings is 1. The Labute approximate surface area is 127 Å². The molecular formula is C15H25ClN2O2. The molecule has 2 unspecified atom stereocenters. The van der Waals surface area contributed by atoms with Gasteiger partial charge in [0.1, 0.15) is 5.75 Å². The first-order chi connectivity index (χ1) is 9.06. The van der Waals surface area contributed by atoms with Crippen LogP contribution in [-0.4, -0.2) is 37.0 Å². The van der Waals surface area contributed by atoms with Crippen molar-refractivity contribution < 1.29 is 9.53 Å². The van der Waals surface area contributed by atoms with Crippen molar-refractivity contribution in [3.8, 4) is 5.75 Å². The molecule has 0 aromatic heterocycles. The van der Waals surface area contributed by atoms with E-state index in [0.717, 1.165) is 5.75 Å². The van der Waals surface area contributed by atoms with Crippen molar-refractivity contribution in [3.05, 3.63) is 30.3 Å². The lowest BCUT2D eigenvalue weighted by atomic mass is 10.1. The Balaban J connectivity index is 0.00000361. The lowest BCUT2D eigenvalue weighted by Gasteiger charge is -2.26. The molecule has 0 spiro atoms. The Morgan fingerprint density at radius 1 is 1.30 bits per heavy atom. The van der Waals surface area contributed by atoms with Crippen LogP contribution in [0.2, 0.25) is 0 Å². The van der Waals surface area contributed by atoms with Gasteiger partial charge < -0.3 is 15.4 Å². The van der Waals surface area contributed by atoms with Crippen LogP contribution in [0.5, 0.6) is 5.75 Å². The fourth-order valence-corrected chi connectivity index (χ4v) is 1.72. The van der Waals surface area contributed by atoms with E-state index in [2.05, 4.69) is 0 Å². The van der Waals surface area contributed by atoms with E-state index in [0.29, 0.717) is 19.6 Å². The molecule has 0 heterocycles. The van der Waals surface area contributed by atoms with Gasteiger partial charge in [0.2, 0.25) is 5.91 Å². The summed E-state index contributed by atoms with van der Waals surface area (Å²) in [5.74, 6) is 0.906. The Morgan fingerprint density at radius 3 is 2.45 bits per heavy atom. The molecular weight excluding hydrogens is 276 g/mol. The molecule has 1 rings (SSSR count). The van der Waals surface area contributed by atoms with Gasteiger partial charge in [0.05, 0.1) is 6.61 Å². The third kappa shape index (κ3) is 5.80. The largest absolute Gasteiger partial charge is 0.494 e. The van der Waals surface area contributed by atoms with Crippen LogP contribution in [0, 0.1) is 5.92 Å². The molecule has 0 fully saturated rings. The second kappa shape index (κ2) is 9.61. The van der Waals surface area contributed by atoms with Crippen molar-refractivity contribution in [1.29, 1.82) is 0 Å². The average Bonchev–Trinajstić information content (AvgIpc) is 2.45. The van der Waals surface area contributed by atoms with E-state index in [9.17, 15) is 4.79 Å². The van der Waals surface area contributed by atoms with Gasteiger partial charge >= 0.3 is 0 Å². The quantitative estimate of drug-likeness (QED) is 0.841. The van der Waals surface area contributed by atoms with E-state index >= 15 is 0 Å². The fourth-order valence-electron chi connectivity index (χ4n) is 1.72. The Morgan fingerprint density at radius 2 is 1.90 bits per heavy atom. The summed E-state index contributed by atoms with van der Waals surface area (Å²) in [6.07, 6.45) is 0.704. The molecule has 114 valence electrons. The summed E-state index contributed by atoms with van der Waals surface area (Å²) in [7, 11) is 1.80. The minimum absolute atomic E-state index is 0. The Hall–Kier alpha value is -1.26. The first-order valence-corrected chi connectivity index (χ1v) is 6.70. The number of hydrogen-bond donors (Lipinski definition) is 1. The highest BCUT2D eigenvalue weighted by Crippen LogP contribution is 2.12. The summed E-state index contributed by atoms with van der Waals surface area (Å²) < 4.78 is 5.60. The first kappa shape index (κ1) is 18.7. The van der Waals surface area contributed by atoms with E-state index in [4.69, 9.17) is 10.5 Å². The molecule has 20 heavy (non-hydrogen) atoms. The lowest BCUT2D eigenvalue weighted by molar-refractivity contribution is -0.135. The second-order valence-corrected chi connectivity index (χ2v) is 4.89. The van der Waals surface area contributed by atoms with Gasteiger partial charge in [0, 0.05) is 25.6 Å². The number of halogens is 1. The predicted molar refractivity (Wildman–Crippen MR) is 84.3 cm³/mol. The van der Waals surface area contributed by atoms with Crippen LogP contribution in [-0.2, 0) is 4.79 Å². The number of hydrogen-bond acceptors (Lipinski definition) is 3. The number of para-hydroxylation sites is 1. The van der Waals surface area contributed by atoms with Crippen molar-refractivity contribution in [2.24, 2.45) is 11.7 Å². The summed E-state index contributed by atoms with van der Waals surface area (Å²) in [5.41, 5.74) is 5.57. The van der Waals surface area contributed by atoms with Crippen LogP contribution in [0.15, 0.2) is 30.3 Å². The third-order valence-corrected chi connectivity index (χ3v) is 3.33. The highest BCUT2D eigenvalue weighted by molar-refractivity contribution is 5.85. The van der Waals surface area contributed by atoms with Crippen molar-refractivity contribution in [1.82, 2.24) is 4.90 Å². The molecule has 0 aliphatic heterocycles. The van der Waals surface area contributed by atoms with Gasteiger partial charge in [-0.2, -0.15) is 0 Å². The molecule has 2 atom stereocenters. The maximum atomic E-state index is 12.1. The maximum Gasteiger partial charge on any atom is 0.225 e. The zero-order chi connectivity index (χ0) is 14.3. The van der Waals surface area contributed by atoms with E-state index < -0.39 is 0 Å². The van der Waals surface area contributed by atoms with E-state index in [1.807, 2.05) is 44.2 Å². The summed E-state index contributed by atoms with van der Waals surface area (Å²) in [6.45, 7) is 4.90. The number of nitrogens with two attached hydrogens (primary N) is 1.